The normalized spacial score (nSPS) is 13.7. The number of hydrogen-bond donors (Lipinski definition) is 0. The van der Waals surface area contributed by atoms with Gasteiger partial charge in [-0.1, -0.05) is 12.1 Å². The smallest absolute Gasteiger partial charge is 0.221 e. The highest BCUT2D eigenvalue weighted by atomic mass is 16.6. The molecule has 0 bridgehead atoms. The number of allylic oxidation sites excluding steroid dienone is 1. The van der Waals surface area contributed by atoms with E-state index in [0.29, 0.717) is 24.7 Å². The maximum absolute atomic E-state index is 11.7. The first kappa shape index (κ1) is 11.6. The monoisotopic (exact) mass is 256 g/mol. The van der Waals surface area contributed by atoms with E-state index >= 15 is 0 Å². The zero-order chi connectivity index (χ0) is 13.1. The number of benzene rings is 1. The number of rotatable bonds is 3. The topological polar surface area (TPSA) is 48.7 Å². The molecule has 1 aromatic carbocycles. The van der Waals surface area contributed by atoms with Gasteiger partial charge in [-0.15, -0.1) is 0 Å². The van der Waals surface area contributed by atoms with Gasteiger partial charge in [0, 0.05) is 0 Å². The van der Waals surface area contributed by atoms with Crippen molar-refractivity contribution in [3.63, 3.8) is 0 Å². The maximum Gasteiger partial charge on any atom is 0.221 e. The highest BCUT2D eigenvalue weighted by Gasteiger charge is 2.11. The molecule has 0 fully saturated rings. The summed E-state index contributed by atoms with van der Waals surface area (Å²) in [5, 5.41) is 0. The van der Waals surface area contributed by atoms with Gasteiger partial charge in [0.1, 0.15) is 13.2 Å². The molecule has 0 unspecified atom stereocenters. The van der Waals surface area contributed by atoms with Crippen molar-refractivity contribution >= 4 is 11.9 Å². The SMILES string of the molecule is O=C(C=Cc1ccc2c(c1)OCCO2)c1ccco1. The van der Waals surface area contributed by atoms with Gasteiger partial charge in [-0.3, -0.25) is 4.79 Å². The molecule has 19 heavy (non-hydrogen) atoms. The van der Waals surface area contributed by atoms with Gasteiger partial charge in [0.15, 0.2) is 17.3 Å². The summed E-state index contributed by atoms with van der Waals surface area (Å²) >= 11 is 0. The summed E-state index contributed by atoms with van der Waals surface area (Å²) in [7, 11) is 0. The molecule has 0 amide bonds. The van der Waals surface area contributed by atoms with Crippen LogP contribution in [-0.2, 0) is 0 Å². The number of hydrogen-bond acceptors (Lipinski definition) is 4. The van der Waals surface area contributed by atoms with E-state index in [1.54, 1.807) is 18.2 Å². The van der Waals surface area contributed by atoms with E-state index in [2.05, 4.69) is 0 Å². The fraction of sp³-hybridized carbons (Fsp3) is 0.133. The van der Waals surface area contributed by atoms with Gasteiger partial charge in [0.25, 0.3) is 0 Å². The Bertz CT molecular complexity index is 611. The number of carbonyl (C=O) groups excluding carboxylic acids is 1. The molecule has 0 saturated heterocycles. The van der Waals surface area contributed by atoms with Gasteiger partial charge in [0.2, 0.25) is 5.78 Å². The van der Waals surface area contributed by atoms with Gasteiger partial charge in [0.05, 0.1) is 6.26 Å². The van der Waals surface area contributed by atoms with Crippen LogP contribution >= 0.6 is 0 Å². The van der Waals surface area contributed by atoms with Crippen molar-refractivity contribution in [2.45, 2.75) is 0 Å². The van der Waals surface area contributed by atoms with Crippen molar-refractivity contribution in [2.75, 3.05) is 13.2 Å². The minimum Gasteiger partial charge on any atom is -0.486 e. The lowest BCUT2D eigenvalue weighted by Crippen LogP contribution is -2.15. The highest BCUT2D eigenvalue weighted by molar-refractivity contribution is 6.04. The first-order chi connectivity index (χ1) is 9.33. The summed E-state index contributed by atoms with van der Waals surface area (Å²) < 4.78 is 15.9. The Balaban J connectivity index is 1.78. The number of fused-ring (bicyclic) bond motifs is 1. The van der Waals surface area contributed by atoms with Crippen LogP contribution in [0.5, 0.6) is 11.5 Å². The van der Waals surface area contributed by atoms with E-state index in [9.17, 15) is 4.79 Å². The van der Waals surface area contributed by atoms with Gasteiger partial charge in [-0.25, -0.2) is 0 Å². The van der Waals surface area contributed by atoms with E-state index in [-0.39, 0.29) is 5.78 Å². The second-order valence-electron chi connectivity index (χ2n) is 4.08. The lowest BCUT2D eigenvalue weighted by atomic mass is 10.1. The molecular weight excluding hydrogens is 244 g/mol. The Morgan fingerprint density at radius 1 is 1.11 bits per heavy atom. The van der Waals surface area contributed by atoms with Crippen molar-refractivity contribution in [3.05, 3.63) is 54.0 Å². The van der Waals surface area contributed by atoms with Gasteiger partial charge in [-0.05, 0) is 35.9 Å². The van der Waals surface area contributed by atoms with Crippen LogP contribution in [-0.4, -0.2) is 19.0 Å². The molecule has 0 aliphatic carbocycles. The number of ketones is 1. The quantitative estimate of drug-likeness (QED) is 0.625. The Morgan fingerprint density at radius 2 is 1.95 bits per heavy atom. The molecule has 1 aromatic heterocycles. The van der Waals surface area contributed by atoms with E-state index in [1.807, 2.05) is 18.2 Å². The first-order valence-electron chi connectivity index (χ1n) is 5.98. The summed E-state index contributed by atoms with van der Waals surface area (Å²) in [5.41, 5.74) is 0.879. The predicted octanol–water partition coefficient (Wildman–Crippen LogP) is 2.95. The molecule has 4 heteroatoms. The van der Waals surface area contributed by atoms with Crippen LogP contribution in [0.1, 0.15) is 16.1 Å². The van der Waals surface area contributed by atoms with Crippen LogP contribution in [0.25, 0.3) is 6.08 Å². The average molecular weight is 256 g/mol. The lowest BCUT2D eigenvalue weighted by molar-refractivity contribution is 0.102. The van der Waals surface area contributed by atoms with E-state index in [4.69, 9.17) is 13.9 Å². The molecule has 0 radical (unpaired) electrons. The molecular formula is C15H12O4. The van der Waals surface area contributed by atoms with Crippen molar-refractivity contribution in [1.82, 2.24) is 0 Å². The summed E-state index contributed by atoms with van der Waals surface area (Å²) in [5.74, 6) is 1.60. The predicted molar refractivity (Wildman–Crippen MR) is 69.5 cm³/mol. The summed E-state index contributed by atoms with van der Waals surface area (Å²) in [6, 6.07) is 8.88. The maximum atomic E-state index is 11.7. The van der Waals surface area contributed by atoms with Crippen LogP contribution < -0.4 is 9.47 Å². The molecule has 3 rings (SSSR count). The van der Waals surface area contributed by atoms with Crippen LogP contribution in [0.4, 0.5) is 0 Å². The van der Waals surface area contributed by atoms with Crippen molar-refractivity contribution in [2.24, 2.45) is 0 Å². The third-order valence-electron chi connectivity index (χ3n) is 2.76. The van der Waals surface area contributed by atoms with Crippen molar-refractivity contribution in [3.8, 4) is 11.5 Å². The van der Waals surface area contributed by atoms with E-state index in [1.165, 1.54) is 12.3 Å². The summed E-state index contributed by atoms with van der Waals surface area (Å²) in [4.78, 5) is 11.7. The molecule has 1 aliphatic rings. The molecule has 0 N–H and O–H groups in total. The Labute approximate surface area is 110 Å². The molecule has 4 nitrogen and oxygen atoms in total. The van der Waals surface area contributed by atoms with Crippen LogP contribution in [0.15, 0.2) is 47.1 Å². The molecule has 2 heterocycles. The third-order valence-corrected chi connectivity index (χ3v) is 2.76. The van der Waals surface area contributed by atoms with Crippen molar-refractivity contribution in [1.29, 1.82) is 0 Å². The molecule has 1 aliphatic heterocycles. The first-order valence-corrected chi connectivity index (χ1v) is 5.98. The fourth-order valence-corrected chi connectivity index (χ4v) is 1.84. The van der Waals surface area contributed by atoms with Gasteiger partial charge < -0.3 is 13.9 Å². The summed E-state index contributed by atoms with van der Waals surface area (Å²) in [6.07, 6.45) is 4.68. The van der Waals surface area contributed by atoms with E-state index < -0.39 is 0 Å². The third kappa shape index (κ3) is 2.52. The minimum atomic E-state index is -0.167. The Kier molecular flexibility index (Phi) is 3.06. The van der Waals surface area contributed by atoms with Gasteiger partial charge in [-0.2, -0.15) is 0 Å². The van der Waals surface area contributed by atoms with Gasteiger partial charge >= 0.3 is 0 Å². The second-order valence-corrected chi connectivity index (χ2v) is 4.08. The highest BCUT2D eigenvalue weighted by Crippen LogP contribution is 2.31. The second kappa shape index (κ2) is 5.02. The molecule has 0 saturated carbocycles. The zero-order valence-electron chi connectivity index (χ0n) is 10.2. The standard InChI is InChI=1S/C15H12O4/c16-12(13-2-1-7-17-13)5-3-11-4-6-14-15(10-11)19-9-8-18-14/h1-7,10H,8-9H2. The largest absolute Gasteiger partial charge is 0.486 e. The molecule has 2 aromatic rings. The Morgan fingerprint density at radius 3 is 2.74 bits per heavy atom. The Hall–Kier alpha value is -2.49. The minimum absolute atomic E-state index is 0.167. The molecule has 96 valence electrons. The molecule has 0 atom stereocenters. The van der Waals surface area contributed by atoms with Crippen molar-refractivity contribution < 1.29 is 18.7 Å². The summed E-state index contributed by atoms with van der Waals surface area (Å²) in [6.45, 7) is 1.12. The van der Waals surface area contributed by atoms with Crippen LogP contribution in [0.3, 0.4) is 0 Å². The number of ether oxygens (including phenoxy) is 2. The molecule has 0 spiro atoms. The van der Waals surface area contributed by atoms with Crippen LogP contribution in [0.2, 0.25) is 0 Å². The van der Waals surface area contributed by atoms with E-state index in [0.717, 1.165) is 11.3 Å². The average Bonchev–Trinajstić information content (AvgIpc) is 2.99. The number of furan rings is 1. The number of carbonyl (C=O) groups is 1. The fourth-order valence-electron chi connectivity index (χ4n) is 1.84. The zero-order valence-corrected chi connectivity index (χ0v) is 10.2. The lowest BCUT2D eigenvalue weighted by Gasteiger charge is -2.18. The van der Waals surface area contributed by atoms with Crippen LogP contribution in [0, 0.1) is 0 Å².